The Morgan fingerprint density at radius 2 is 1.94 bits per heavy atom. The fourth-order valence-corrected chi connectivity index (χ4v) is 1.21. The molecule has 16 heavy (non-hydrogen) atoms. The first-order valence-electron chi connectivity index (χ1n) is 4.80. The Bertz CT molecular complexity index is 256. The third-order valence-electron chi connectivity index (χ3n) is 1.47. The van der Waals surface area contributed by atoms with Gasteiger partial charge in [0.1, 0.15) is 13.2 Å². The quantitative estimate of drug-likeness (QED) is 0.285. The number of amides is 1. The lowest BCUT2D eigenvalue weighted by Crippen LogP contribution is -2.30. The molecule has 0 saturated carbocycles. The lowest BCUT2D eigenvalue weighted by molar-refractivity contribution is -0.139. The lowest BCUT2D eigenvalue weighted by atomic mass is 10.4. The molecule has 92 valence electrons. The first-order chi connectivity index (χ1) is 7.57. The van der Waals surface area contributed by atoms with E-state index in [2.05, 4.69) is 11.9 Å². The van der Waals surface area contributed by atoms with Gasteiger partial charge >= 0.3 is 12.1 Å². The van der Waals surface area contributed by atoms with Crippen molar-refractivity contribution in [2.75, 3.05) is 26.5 Å². The summed E-state index contributed by atoms with van der Waals surface area (Å²) >= 11 is 0. The Balaban J connectivity index is 3.41. The highest BCUT2D eigenvalue weighted by molar-refractivity contribution is 6.27. The third-order valence-corrected chi connectivity index (χ3v) is 2.34. The predicted octanol–water partition coefficient (Wildman–Crippen LogP) is -0.480. The van der Waals surface area contributed by atoms with E-state index >= 15 is 0 Å². The van der Waals surface area contributed by atoms with E-state index in [0.29, 0.717) is 11.7 Å². The number of ether oxygens (including phenoxy) is 2. The Hall–Kier alpha value is -1.34. The van der Waals surface area contributed by atoms with Crippen LogP contribution in [0.1, 0.15) is 6.92 Å². The van der Waals surface area contributed by atoms with Crippen molar-refractivity contribution in [1.29, 1.82) is 0 Å². The molecule has 0 unspecified atom stereocenters. The monoisotopic (exact) mass is 247 g/mol. The largest absolute Gasteiger partial charge is 0.459 e. The molecule has 0 radical (unpaired) electrons. The van der Waals surface area contributed by atoms with E-state index < -0.39 is 21.8 Å². The van der Waals surface area contributed by atoms with Crippen LogP contribution in [0.5, 0.6) is 0 Å². The number of carbonyl (C=O) groups is 2. The summed E-state index contributed by atoms with van der Waals surface area (Å²) in [7, 11) is 0.911. The van der Waals surface area contributed by atoms with Crippen molar-refractivity contribution in [3.05, 3.63) is 12.2 Å². The second-order valence-electron chi connectivity index (χ2n) is 2.97. The van der Waals surface area contributed by atoms with Crippen molar-refractivity contribution in [3.8, 4) is 0 Å². The maximum atomic E-state index is 11.0. The van der Waals surface area contributed by atoms with Crippen LogP contribution in [-0.4, -0.2) is 48.3 Å². The number of hydrogen-bond acceptors (Lipinski definition) is 5. The minimum absolute atomic E-state index is 0.0272. The van der Waals surface area contributed by atoms with E-state index in [0.717, 1.165) is 0 Å². The van der Waals surface area contributed by atoms with Crippen LogP contribution >= 0.6 is 0 Å². The molecule has 0 aliphatic rings. The van der Waals surface area contributed by atoms with Crippen molar-refractivity contribution in [3.63, 3.8) is 0 Å². The van der Waals surface area contributed by atoms with Gasteiger partial charge in [-0.15, -0.1) is 0 Å². The molecular weight excluding hydrogens is 230 g/mol. The normalized spacial score (nSPS) is 10.1. The predicted molar refractivity (Wildman–Crippen MR) is 60.7 cm³/mol. The first-order valence-corrected chi connectivity index (χ1v) is 6.38. The second-order valence-corrected chi connectivity index (χ2v) is 4.46. The number of hydrogen-bond donors (Lipinski definition) is 1. The summed E-state index contributed by atoms with van der Waals surface area (Å²) in [4.78, 5) is 21.9. The number of nitrogens with one attached hydrogen (secondary N) is 1. The van der Waals surface area contributed by atoms with Crippen LogP contribution in [0.25, 0.3) is 0 Å². The summed E-state index contributed by atoms with van der Waals surface area (Å²) in [5, 5.41) is 2.51. The molecule has 0 aliphatic carbocycles. The van der Waals surface area contributed by atoms with Crippen molar-refractivity contribution in [1.82, 2.24) is 5.32 Å². The Labute approximate surface area is 96.9 Å². The topological polar surface area (TPSA) is 73.9 Å². The standard InChI is InChI=1S/C9H17NO5Si/c1-7(2)8(11)14-4-5-15-9(12)10-6-16-13-3/h1,4-6,16H2,2-3H3,(H,10,12). The first kappa shape index (κ1) is 14.7. The van der Waals surface area contributed by atoms with Crippen molar-refractivity contribution >= 4 is 21.8 Å². The van der Waals surface area contributed by atoms with Crippen LogP contribution in [0.3, 0.4) is 0 Å². The van der Waals surface area contributed by atoms with Gasteiger partial charge in [-0.3, -0.25) is 0 Å². The average Bonchev–Trinajstić information content (AvgIpc) is 2.24. The zero-order valence-corrected chi connectivity index (χ0v) is 11.0. The molecule has 0 aliphatic heterocycles. The summed E-state index contributed by atoms with van der Waals surface area (Å²) in [5.41, 5.74) is 0.315. The fourth-order valence-electron chi connectivity index (χ4n) is 0.698. The van der Waals surface area contributed by atoms with Crippen LogP contribution in [0, 0.1) is 0 Å². The summed E-state index contributed by atoms with van der Waals surface area (Å²) < 4.78 is 14.3. The van der Waals surface area contributed by atoms with Gasteiger partial charge < -0.3 is 19.2 Å². The molecule has 0 spiro atoms. The van der Waals surface area contributed by atoms with Crippen molar-refractivity contribution < 1.29 is 23.5 Å². The summed E-state index contributed by atoms with van der Waals surface area (Å²) in [6.07, 6.45) is -0.0168. The molecule has 0 aromatic rings. The minimum atomic E-state index is -0.682. The Morgan fingerprint density at radius 1 is 1.31 bits per heavy atom. The molecule has 0 saturated heterocycles. The molecule has 1 amide bonds. The van der Waals surface area contributed by atoms with E-state index in [1.54, 1.807) is 14.0 Å². The van der Waals surface area contributed by atoms with Crippen molar-refractivity contribution in [2.24, 2.45) is 0 Å². The van der Waals surface area contributed by atoms with Gasteiger partial charge in [0, 0.05) is 18.9 Å². The second kappa shape index (κ2) is 8.92. The van der Waals surface area contributed by atoms with E-state index in [9.17, 15) is 9.59 Å². The Kier molecular flexibility index (Phi) is 8.18. The summed E-state index contributed by atoms with van der Waals surface area (Å²) in [5.74, 6) is -0.490. The molecule has 0 aromatic carbocycles. The Morgan fingerprint density at radius 3 is 2.50 bits per heavy atom. The van der Waals surface area contributed by atoms with Gasteiger partial charge in [-0.2, -0.15) is 0 Å². The molecule has 7 heteroatoms. The van der Waals surface area contributed by atoms with E-state index in [4.69, 9.17) is 13.9 Å². The SMILES string of the molecule is C=C(C)C(=O)OCCOC(=O)NC[SiH2]OC. The zero-order chi connectivity index (χ0) is 12.4. The number of rotatable bonds is 7. The third kappa shape index (κ3) is 8.01. The van der Waals surface area contributed by atoms with E-state index in [1.807, 2.05) is 0 Å². The zero-order valence-electron chi connectivity index (χ0n) is 9.58. The number of alkyl carbamates (subject to hydrolysis) is 1. The van der Waals surface area contributed by atoms with Crippen LogP contribution in [-0.2, 0) is 18.7 Å². The summed E-state index contributed by atoms with van der Waals surface area (Å²) in [6.45, 7) is 5.02. The number of esters is 1. The van der Waals surface area contributed by atoms with Crippen LogP contribution in [0.15, 0.2) is 12.2 Å². The van der Waals surface area contributed by atoms with Crippen LogP contribution in [0.4, 0.5) is 4.79 Å². The molecule has 0 atom stereocenters. The summed E-state index contributed by atoms with van der Waals surface area (Å²) in [6, 6.07) is 0. The fraction of sp³-hybridized carbons (Fsp3) is 0.556. The number of carbonyl (C=O) groups excluding carboxylic acids is 2. The molecule has 1 N–H and O–H groups in total. The van der Waals surface area contributed by atoms with E-state index in [-0.39, 0.29) is 13.2 Å². The van der Waals surface area contributed by atoms with Crippen molar-refractivity contribution in [2.45, 2.75) is 6.92 Å². The highest BCUT2D eigenvalue weighted by Gasteiger charge is 2.04. The van der Waals surface area contributed by atoms with Gasteiger partial charge in [0.05, 0.1) is 0 Å². The van der Waals surface area contributed by atoms with Gasteiger partial charge in [-0.1, -0.05) is 6.58 Å². The van der Waals surface area contributed by atoms with Gasteiger partial charge in [0.25, 0.3) is 0 Å². The van der Waals surface area contributed by atoms with Gasteiger partial charge in [-0.25, -0.2) is 9.59 Å². The van der Waals surface area contributed by atoms with Gasteiger partial charge in [0.2, 0.25) is 0 Å². The molecule has 0 bridgehead atoms. The smallest absolute Gasteiger partial charge is 0.407 e. The molecule has 0 heterocycles. The maximum Gasteiger partial charge on any atom is 0.407 e. The average molecular weight is 247 g/mol. The minimum Gasteiger partial charge on any atom is -0.459 e. The molecular formula is C9H17NO5Si. The molecule has 0 rings (SSSR count). The highest BCUT2D eigenvalue weighted by atomic mass is 28.2. The highest BCUT2D eigenvalue weighted by Crippen LogP contribution is 1.91. The van der Waals surface area contributed by atoms with Crippen LogP contribution < -0.4 is 5.32 Å². The molecule has 6 nitrogen and oxygen atoms in total. The maximum absolute atomic E-state index is 11.0. The molecule has 0 fully saturated rings. The van der Waals surface area contributed by atoms with Gasteiger partial charge in [0.15, 0.2) is 9.76 Å². The van der Waals surface area contributed by atoms with Gasteiger partial charge in [-0.05, 0) is 6.92 Å². The van der Waals surface area contributed by atoms with E-state index in [1.165, 1.54) is 0 Å². The molecule has 0 aromatic heterocycles. The lowest BCUT2D eigenvalue weighted by Gasteiger charge is -2.07. The van der Waals surface area contributed by atoms with Crippen LogP contribution in [0.2, 0.25) is 0 Å².